The summed E-state index contributed by atoms with van der Waals surface area (Å²) in [5, 5.41) is 1.20. The highest BCUT2D eigenvalue weighted by Gasteiger charge is 2.08. The van der Waals surface area contributed by atoms with Gasteiger partial charge in [-0.1, -0.05) is 23.2 Å². The van der Waals surface area contributed by atoms with Crippen LogP contribution in [0.1, 0.15) is 5.76 Å². The minimum Gasteiger partial charge on any atom is -0.461 e. The highest BCUT2D eigenvalue weighted by molar-refractivity contribution is 6.36. The predicted octanol–water partition coefficient (Wildman–Crippen LogP) is 3.75. The van der Waals surface area contributed by atoms with E-state index in [4.69, 9.17) is 33.4 Å². The Bertz CT molecular complexity index is 494. The average Bonchev–Trinajstić information content (AvgIpc) is 2.67. The van der Waals surface area contributed by atoms with Crippen LogP contribution < -0.4 is 5.73 Å². The van der Waals surface area contributed by atoms with E-state index in [-0.39, 0.29) is 0 Å². The summed E-state index contributed by atoms with van der Waals surface area (Å²) in [7, 11) is 0. The molecule has 0 aliphatic heterocycles. The fourth-order valence-corrected chi connectivity index (χ4v) is 1.99. The maximum atomic E-state index is 6.08. The molecule has 1 aromatic heterocycles. The van der Waals surface area contributed by atoms with E-state index in [0.717, 1.165) is 23.5 Å². The van der Waals surface area contributed by atoms with Gasteiger partial charge in [0.2, 0.25) is 0 Å². The molecule has 84 valence electrons. The van der Waals surface area contributed by atoms with Crippen LogP contribution in [0.3, 0.4) is 0 Å². The van der Waals surface area contributed by atoms with Crippen molar-refractivity contribution in [1.82, 2.24) is 0 Å². The third-order valence-electron chi connectivity index (χ3n) is 2.25. The van der Waals surface area contributed by atoms with Gasteiger partial charge in [-0.15, -0.1) is 0 Å². The Kier molecular flexibility index (Phi) is 3.54. The van der Waals surface area contributed by atoms with Crippen molar-refractivity contribution in [3.8, 4) is 11.3 Å². The first-order valence-corrected chi connectivity index (χ1v) is 5.70. The van der Waals surface area contributed by atoms with Crippen LogP contribution >= 0.6 is 23.2 Å². The molecule has 1 aromatic carbocycles. The summed E-state index contributed by atoms with van der Waals surface area (Å²) in [6.45, 7) is 0.571. The Balaban J connectivity index is 2.35. The largest absolute Gasteiger partial charge is 0.461 e. The van der Waals surface area contributed by atoms with E-state index in [9.17, 15) is 0 Å². The molecule has 0 saturated heterocycles. The summed E-state index contributed by atoms with van der Waals surface area (Å²) >= 11 is 11.9. The molecular formula is C12H11Cl2NO. The zero-order valence-electron chi connectivity index (χ0n) is 8.54. The second kappa shape index (κ2) is 4.91. The quantitative estimate of drug-likeness (QED) is 0.908. The van der Waals surface area contributed by atoms with Crippen molar-refractivity contribution in [2.45, 2.75) is 6.42 Å². The van der Waals surface area contributed by atoms with E-state index >= 15 is 0 Å². The predicted molar refractivity (Wildman–Crippen MR) is 66.9 cm³/mol. The lowest BCUT2D eigenvalue weighted by atomic mass is 10.2. The summed E-state index contributed by atoms with van der Waals surface area (Å²) in [4.78, 5) is 0. The summed E-state index contributed by atoms with van der Waals surface area (Å²) in [6.07, 6.45) is 0.727. The van der Waals surface area contributed by atoms with E-state index in [1.54, 1.807) is 12.1 Å². The van der Waals surface area contributed by atoms with Crippen molar-refractivity contribution in [2.24, 2.45) is 5.73 Å². The number of benzene rings is 1. The zero-order chi connectivity index (χ0) is 11.5. The molecule has 0 unspecified atom stereocenters. The maximum absolute atomic E-state index is 6.08. The highest BCUT2D eigenvalue weighted by atomic mass is 35.5. The number of nitrogens with two attached hydrogens (primary N) is 1. The van der Waals surface area contributed by atoms with E-state index in [2.05, 4.69) is 0 Å². The second-order valence-electron chi connectivity index (χ2n) is 3.43. The minimum atomic E-state index is 0.571. The van der Waals surface area contributed by atoms with Gasteiger partial charge in [0, 0.05) is 17.0 Å². The van der Waals surface area contributed by atoms with Crippen LogP contribution in [-0.4, -0.2) is 6.54 Å². The average molecular weight is 256 g/mol. The standard InChI is InChI=1S/C12H11Cl2NO/c13-8-1-3-10(11(14)7-8)12-4-2-9(16-12)5-6-15/h1-4,7H,5-6,15H2. The molecule has 0 aliphatic rings. The first-order valence-electron chi connectivity index (χ1n) is 4.95. The summed E-state index contributed by atoms with van der Waals surface area (Å²) in [6, 6.07) is 9.13. The zero-order valence-corrected chi connectivity index (χ0v) is 10.1. The number of rotatable bonds is 3. The molecule has 0 amide bonds. The topological polar surface area (TPSA) is 39.2 Å². The Morgan fingerprint density at radius 3 is 2.62 bits per heavy atom. The van der Waals surface area contributed by atoms with Crippen LogP contribution in [0, 0.1) is 0 Å². The number of furan rings is 1. The lowest BCUT2D eigenvalue weighted by Gasteiger charge is -2.01. The van der Waals surface area contributed by atoms with Gasteiger partial charge in [0.15, 0.2) is 0 Å². The van der Waals surface area contributed by atoms with Crippen LogP contribution in [0.4, 0.5) is 0 Å². The number of hydrogen-bond acceptors (Lipinski definition) is 2. The molecule has 0 saturated carbocycles. The van der Waals surface area contributed by atoms with Gasteiger partial charge in [0.05, 0.1) is 5.02 Å². The molecule has 4 heteroatoms. The normalized spacial score (nSPS) is 10.7. The first kappa shape index (κ1) is 11.5. The molecule has 2 aromatic rings. The van der Waals surface area contributed by atoms with E-state index in [0.29, 0.717) is 16.6 Å². The van der Waals surface area contributed by atoms with Crippen LogP contribution in [-0.2, 0) is 6.42 Å². The Hall–Kier alpha value is -0.960. The molecule has 1 heterocycles. The van der Waals surface area contributed by atoms with Crippen molar-refractivity contribution in [1.29, 1.82) is 0 Å². The third-order valence-corrected chi connectivity index (χ3v) is 2.80. The molecule has 0 bridgehead atoms. The van der Waals surface area contributed by atoms with Gasteiger partial charge in [0.25, 0.3) is 0 Å². The minimum absolute atomic E-state index is 0.571. The van der Waals surface area contributed by atoms with Crippen molar-refractivity contribution in [2.75, 3.05) is 6.54 Å². The Morgan fingerprint density at radius 2 is 1.94 bits per heavy atom. The molecule has 2 nitrogen and oxygen atoms in total. The molecule has 0 fully saturated rings. The third kappa shape index (κ3) is 2.40. The lowest BCUT2D eigenvalue weighted by molar-refractivity contribution is 0.524. The molecule has 2 rings (SSSR count). The SMILES string of the molecule is NCCc1ccc(-c2ccc(Cl)cc2Cl)o1. The molecule has 0 aliphatic carbocycles. The first-order chi connectivity index (χ1) is 7.70. The van der Waals surface area contributed by atoms with E-state index in [1.807, 2.05) is 18.2 Å². The van der Waals surface area contributed by atoms with Gasteiger partial charge in [0.1, 0.15) is 11.5 Å². The van der Waals surface area contributed by atoms with Gasteiger partial charge >= 0.3 is 0 Å². The fourth-order valence-electron chi connectivity index (χ4n) is 1.49. The molecule has 2 N–H and O–H groups in total. The van der Waals surface area contributed by atoms with Gasteiger partial charge in [-0.3, -0.25) is 0 Å². The summed E-state index contributed by atoms with van der Waals surface area (Å²) in [5.41, 5.74) is 6.30. The van der Waals surface area contributed by atoms with Crippen LogP contribution in [0.25, 0.3) is 11.3 Å². The lowest BCUT2D eigenvalue weighted by Crippen LogP contribution is -2.01. The highest BCUT2D eigenvalue weighted by Crippen LogP contribution is 2.31. The molecule has 0 spiro atoms. The van der Waals surface area contributed by atoms with E-state index < -0.39 is 0 Å². The number of halogens is 2. The molecule has 0 atom stereocenters. The molecule has 16 heavy (non-hydrogen) atoms. The van der Waals surface area contributed by atoms with Gasteiger partial charge in [-0.2, -0.15) is 0 Å². The van der Waals surface area contributed by atoms with Crippen molar-refractivity contribution in [3.05, 3.63) is 46.1 Å². The van der Waals surface area contributed by atoms with Crippen molar-refractivity contribution < 1.29 is 4.42 Å². The Labute approximate surface area is 104 Å². The smallest absolute Gasteiger partial charge is 0.135 e. The van der Waals surface area contributed by atoms with Gasteiger partial charge in [-0.25, -0.2) is 0 Å². The molecular weight excluding hydrogens is 245 g/mol. The van der Waals surface area contributed by atoms with Crippen molar-refractivity contribution >= 4 is 23.2 Å². The van der Waals surface area contributed by atoms with Gasteiger partial charge < -0.3 is 10.2 Å². The van der Waals surface area contributed by atoms with Crippen LogP contribution in [0.5, 0.6) is 0 Å². The van der Waals surface area contributed by atoms with Crippen LogP contribution in [0.15, 0.2) is 34.7 Å². The monoisotopic (exact) mass is 255 g/mol. The summed E-state index contributed by atoms with van der Waals surface area (Å²) in [5.74, 6) is 1.61. The summed E-state index contributed by atoms with van der Waals surface area (Å²) < 4.78 is 5.62. The maximum Gasteiger partial charge on any atom is 0.135 e. The number of hydrogen-bond donors (Lipinski definition) is 1. The van der Waals surface area contributed by atoms with Gasteiger partial charge in [-0.05, 0) is 36.9 Å². The fraction of sp³-hybridized carbons (Fsp3) is 0.167. The second-order valence-corrected chi connectivity index (χ2v) is 4.27. The van der Waals surface area contributed by atoms with Crippen LogP contribution in [0.2, 0.25) is 10.0 Å². The Morgan fingerprint density at radius 1 is 1.12 bits per heavy atom. The van der Waals surface area contributed by atoms with E-state index in [1.165, 1.54) is 0 Å². The van der Waals surface area contributed by atoms with Crippen molar-refractivity contribution in [3.63, 3.8) is 0 Å². The molecule has 0 radical (unpaired) electrons.